The maximum atomic E-state index is 12.8. The number of unbranched alkanes of at least 4 members (excludes halogenated alkanes) is 1. The second-order valence-corrected chi connectivity index (χ2v) is 10.8. The van der Waals surface area contributed by atoms with E-state index in [9.17, 15) is 9.59 Å². The third-order valence-corrected chi connectivity index (χ3v) is 7.58. The lowest BCUT2D eigenvalue weighted by Gasteiger charge is -2.32. The zero-order valence-electron chi connectivity index (χ0n) is 22.7. The molecule has 2 saturated heterocycles. The molecule has 8 nitrogen and oxygen atoms in total. The van der Waals surface area contributed by atoms with Crippen LogP contribution < -0.4 is 0 Å². The first-order chi connectivity index (χ1) is 18.9. The summed E-state index contributed by atoms with van der Waals surface area (Å²) in [5.74, 6) is 0.863. The highest BCUT2D eigenvalue weighted by molar-refractivity contribution is 6.31. The van der Waals surface area contributed by atoms with Gasteiger partial charge in [-0.15, -0.1) is 24.8 Å². The number of furan rings is 1. The van der Waals surface area contributed by atoms with E-state index in [1.807, 2.05) is 42.5 Å². The summed E-state index contributed by atoms with van der Waals surface area (Å²) in [5, 5.41) is 6.70. The average molecular weight is 641 g/mol. The summed E-state index contributed by atoms with van der Waals surface area (Å²) in [6, 6.07) is 16.3. The molecule has 3 amide bonds. The monoisotopic (exact) mass is 639 g/mol. The van der Waals surface area contributed by atoms with Crippen LogP contribution in [0, 0.1) is 0 Å². The van der Waals surface area contributed by atoms with Crippen LogP contribution in [-0.4, -0.2) is 90.7 Å². The third-order valence-electron chi connectivity index (χ3n) is 7.09. The SMILES string of the molecule is CN1CCN(CCCCN2C(=O)CN(/N=C/c3ccc(-c4ccc(Cl)cc4-c4ccc(Cl)cc4)o3)C2=O)CC1.Cl.Cl. The van der Waals surface area contributed by atoms with Crippen molar-refractivity contribution < 1.29 is 14.0 Å². The highest BCUT2D eigenvalue weighted by atomic mass is 35.5. The highest BCUT2D eigenvalue weighted by Crippen LogP contribution is 2.35. The summed E-state index contributed by atoms with van der Waals surface area (Å²) in [6.45, 7) is 5.61. The second kappa shape index (κ2) is 15.0. The van der Waals surface area contributed by atoms with Crippen LogP contribution >= 0.6 is 48.0 Å². The van der Waals surface area contributed by atoms with E-state index in [0.29, 0.717) is 28.1 Å². The van der Waals surface area contributed by atoms with Gasteiger partial charge in [-0.25, -0.2) is 9.80 Å². The number of hydrazone groups is 1. The maximum Gasteiger partial charge on any atom is 0.347 e. The van der Waals surface area contributed by atoms with Crippen LogP contribution in [0.25, 0.3) is 22.5 Å². The predicted molar refractivity (Wildman–Crippen MR) is 169 cm³/mol. The normalized spacial score (nSPS) is 16.4. The number of halogens is 4. The lowest BCUT2D eigenvalue weighted by molar-refractivity contribution is -0.125. The number of urea groups is 1. The molecule has 0 bridgehead atoms. The van der Waals surface area contributed by atoms with Crippen molar-refractivity contribution in [2.45, 2.75) is 12.8 Å². The number of hydrogen-bond donors (Lipinski definition) is 0. The third kappa shape index (κ3) is 8.25. The Kier molecular flexibility index (Phi) is 12.1. The van der Waals surface area contributed by atoms with E-state index in [1.54, 1.807) is 12.1 Å². The van der Waals surface area contributed by atoms with E-state index >= 15 is 0 Å². The fraction of sp³-hybridized carbons (Fsp3) is 0.345. The van der Waals surface area contributed by atoms with Gasteiger partial charge in [0.05, 0.1) is 6.21 Å². The molecule has 0 atom stereocenters. The van der Waals surface area contributed by atoms with Crippen molar-refractivity contribution in [3.05, 3.63) is 70.4 Å². The largest absolute Gasteiger partial charge is 0.455 e. The fourth-order valence-corrected chi connectivity index (χ4v) is 5.11. The van der Waals surface area contributed by atoms with Gasteiger partial charge in [0, 0.05) is 48.3 Å². The molecule has 2 aliphatic rings. The summed E-state index contributed by atoms with van der Waals surface area (Å²) < 4.78 is 6.03. The molecular weight excluding hydrogens is 608 g/mol. The van der Waals surface area contributed by atoms with Gasteiger partial charge in [-0.2, -0.15) is 5.10 Å². The number of carbonyl (C=O) groups excluding carboxylic acids is 2. The second-order valence-electron chi connectivity index (χ2n) is 9.88. The van der Waals surface area contributed by atoms with Gasteiger partial charge in [-0.05, 0) is 80.0 Å². The zero-order chi connectivity index (χ0) is 27.4. The number of benzene rings is 2. The number of imide groups is 1. The minimum absolute atomic E-state index is 0. The molecule has 0 radical (unpaired) electrons. The average Bonchev–Trinajstić information content (AvgIpc) is 3.51. The Morgan fingerprint density at radius 3 is 2.27 bits per heavy atom. The number of hydrogen-bond acceptors (Lipinski definition) is 6. The van der Waals surface area contributed by atoms with Gasteiger partial charge < -0.3 is 14.2 Å². The molecule has 0 saturated carbocycles. The van der Waals surface area contributed by atoms with Crippen LogP contribution in [-0.2, 0) is 4.79 Å². The molecule has 41 heavy (non-hydrogen) atoms. The first-order valence-electron chi connectivity index (χ1n) is 13.1. The first kappa shape index (κ1) is 32.9. The number of nitrogens with zero attached hydrogens (tertiary/aromatic N) is 5. The van der Waals surface area contributed by atoms with Gasteiger partial charge in [0.15, 0.2) is 0 Å². The number of amides is 3. The van der Waals surface area contributed by atoms with Crippen molar-refractivity contribution in [3.63, 3.8) is 0 Å². The van der Waals surface area contributed by atoms with Gasteiger partial charge in [-0.3, -0.25) is 9.69 Å². The summed E-state index contributed by atoms with van der Waals surface area (Å²) in [4.78, 5) is 31.3. The van der Waals surface area contributed by atoms with Crippen LogP contribution in [0.2, 0.25) is 10.0 Å². The molecule has 1 aromatic heterocycles. The van der Waals surface area contributed by atoms with Crippen molar-refractivity contribution in [1.82, 2.24) is 19.7 Å². The quantitative estimate of drug-likeness (QED) is 0.154. The molecule has 2 fully saturated rings. The lowest BCUT2D eigenvalue weighted by Crippen LogP contribution is -2.44. The molecule has 220 valence electrons. The van der Waals surface area contributed by atoms with Gasteiger partial charge in [0.25, 0.3) is 5.91 Å². The Bertz CT molecular complexity index is 1360. The van der Waals surface area contributed by atoms with Crippen molar-refractivity contribution in [3.8, 4) is 22.5 Å². The lowest BCUT2D eigenvalue weighted by atomic mass is 9.98. The number of likely N-dealkylation sites (N-methyl/N-ethyl adjacent to an activating group) is 1. The molecule has 12 heteroatoms. The van der Waals surface area contributed by atoms with Crippen molar-refractivity contribution in [2.24, 2.45) is 5.10 Å². The molecule has 3 aromatic rings. The maximum absolute atomic E-state index is 12.8. The van der Waals surface area contributed by atoms with Gasteiger partial charge >= 0.3 is 6.03 Å². The minimum atomic E-state index is -0.398. The smallest absolute Gasteiger partial charge is 0.347 e. The highest BCUT2D eigenvalue weighted by Gasteiger charge is 2.35. The summed E-state index contributed by atoms with van der Waals surface area (Å²) >= 11 is 12.3. The van der Waals surface area contributed by atoms with Crippen LogP contribution in [0.3, 0.4) is 0 Å². The summed E-state index contributed by atoms with van der Waals surface area (Å²) in [6.07, 6.45) is 3.19. The molecule has 3 heterocycles. The Balaban J connectivity index is 0.00000231. The van der Waals surface area contributed by atoms with Gasteiger partial charge in [0.1, 0.15) is 18.1 Å². The Morgan fingerprint density at radius 2 is 1.54 bits per heavy atom. The predicted octanol–water partition coefficient (Wildman–Crippen LogP) is 6.39. The molecule has 0 spiro atoms. The fourth-order valence-electron chi connectivity index (χ4n) is 4.81. The van der Waals surface area contributed by atoms with E-state index in [1.165, 1.54) is 16.1 Å². The Morgan fingerprint density at radius 1 is 0.854 bits per heavy atom. The molecule has 5 rings (SSSR count). The Labute approximate surface area is 262 Å². The van der Waals surface area contributed by atoms with Crippen molar-refractivity contribution >= 4 is 66.2 Å². The van der Waals surface area contributed by atoms with Crippen LogP contribution in [0.1, 0.15) is 18.6 Å². The van der Waals surface area contributed by atoms with Crippen LogP contribution in [0.15, 0.2) is 64.1 Å². The Hall–Kier alpha value is -2.59. The molecule has 0 aliphatic carbocycles. The van der Waals surface area contributed by atoms with Crippen LogP contribution in [0.4, 0.5) is 4.79 Å². The molecule has 0 unspecified atom stereocenters. The van der Waals surface area contributed by atoms with E-state index in [2.05, 4.69) is 21.9 Å². The van der Waals surface area contributed by atoms with E-state index in [4.69, 9.17) is 27.6 Å². The molecule has 2 aliphatic heterocycles. The van der Waals surface area contributed by atoms with Crippen LogP contribution in [0.5, 0.6) is 0 Å². The van der Waals surface area contributed by atoms with Gasteiger partial charge in [-0.1, -0.05) is 35.3 Å². The van der Waals surface area contributed by atoms with E-state index < -0.39 is 6.03 Å². The summed E-state index contributed by atoms with van der Waals surface area (Å²) in [7, 11) is 2.14. The molecule has 0 N–H and O–H groups in total. The number of carbonyl (C=O) groups is 2. The first-order valence-corrected chi connectivity index (χ1v) is 13.9. The molecule has 2 aromatic carbocycles. The minimum Gasteiger partial charge on any atom is -0.455 e. The molecular formula is C29H33Cl4N5O3. The van der Waals surface area contributed by atoms with Gasteiger partial charge in [0.2, 0.25) is 0 Å². The summed E-state index contributed by atoms with van der Waals surface area (Å²) in [5.41, 5.74) is 2.71. The van der Waals surface area contributed by atoms with Crippen molar-refractivity contribution in [1.29, 1.82) is 0 Å². The van der Waals surface area contributed by atoms with Crippen molar-refractivity contribution in [2.75, 3.05) is 52.9 Å². The van der Waals surface area contributed by atoms with E-state index in [0.717, 1.165) is 62.3 Å². The standard InChI is InChI=1S/C29H31Cl2N5O3.2ClH/c1-33-14-16-34(17-15-33)12-2-3-13-35-28(37)20-36(29(35)38)32-19-24-9-11-27(39-24)25-10-8-23(31)18-26(25)21-4-6-22(30)7-5-21;;/h4-11,18-19H,2-3,12-17,20H2,1H3;2*1H/b32-19+;;. The zero-order valence-corrected chi connectivity index (χ0v) is 25.8. The number of rotatable bonds is 9. The number of piperazine rings is 1. The van der Waals surface area contributed by atoms with E-state index in [-0.39, 0.29) is 37.3 Å². The topological polar surface area (TPSA) is 72.6 Å².